The third-order valence-electron chi connectivity index (χ3n) is 3.09. The summed E-state index contributed by atoms with van der Waals surface area (Å²) in [6.07, 6.45) is -0.588. The Morgan fingerprint density at radius 2 is 1.62 bits per heavy atom. The van der Waals surface area contributed by atoms with Crippen LogP contribution in [0.15, 0.2) is 30.3 Å². The summed E-state index contributed by atoms with van der Waals surface area (Å²) in [5.74, 6) is -5.66. The third kappa shape index (κ3) is 7.46. The van der Waals surface area contributed by atoms with Gasteiger partial charge in [-0.15, -0.1) is 0 Å². The highest BCUT2D eigenvalue weighted by atomic mass is 16.6. The molecule has 0 radical (unpaired) electrons. The topological polar surface area (TPSA) is 96.0 Å². The molecule has 0 saturated carbocycles. The SMILES string of the molecule is CCOC(=O)C(CC(=O)OC(C)(C)C)C(=O)C(=O)OCc1ccccc1. The lowest BCUT2D eigenvalue weighted by Gasteiger charge is -2.21. The number of ketones is 1. The number of benzene rings is 1. The number of esters is 3. The molecule has 0 heterocycles. The van der Waals surface area contributed by atoms with Gasteiger partial charge in [0.1, 0.15) is 18.1 Å². The van der Waals surface area contributed by atoms with Crippen LogP contribution in [0.1, 0.15) is 39.7 Å². The van der Waals surface area contributed by atoms with Crippen LogP contribution in [0.3, 0.4) is 0 Å². The fourth-order valence-corrected chi connectivity index (χ4v) is 2.01. The van der Waals surface area contributed by atoms with Crippen LogP contribution >= 0.6 is 0 Å². The van der Waals surface area contributed by atoms with E-state index in [1.165, 1.54) is 0 Å². The van der Waals surface area contributed by atoms with E-state index in [0.29, 0.717) is 5.56 Å². The molecule has 0 spiro atoms. The molecular weight excluding hydrogens is 340 g/mol. The monoisotopic (exact) mass is 364 g/mol. The number of ether oxygens (including phenoxy) is 3. The van der Waals surface area contributed by atoms with Crippen LogP contribution < -0.4 is 0 Å². The average Bonchev–Trinajstić information content (AvgIpc) is 2.56. The number of hydrogen-bond donors (Lipinski definition) is 0. The molecule has 0 aliphatic carbocycles. The van der Waals surface area contributed by atoms with E-state index in [1.54, 1.807) is 58.0 Å². The summed E-state index contributed by atoms with van der Waals surface area (Å²) in [6.45, 7) is 6.41. The van der Waals surface area contributed by atoms with Crippen LogP contribution in [0.25, 0.3) is 0 Å². The van der Waals surface area contributed by atoms with Crippen LogP contribution in [0.2, 0.25) is 0 Å². The van der Waals surface area contributed by atoms with Gasteiger partial charge < -0.3 is 14.2 Å². The largest absolute Gasteiger partial charge is 0.465 e. The number of hydrogen-bond acceptors (Lipinski definition) is 7. The van der Waals surface area contributed by atoms with Gasteiger partial charge in [0.15, 0.2) is 0 Å². The highest BCUT2D eigenvalue weighted by Gasteiger charge is 2.37. The Hall–Kier alpha value is -2.70. The first-order valence-electron chi connectivity index (χ1n) is 8.27. The molecule has 1 unspecified atom stereocenters. The summed E-state index contributed by atoms with van der Waals surface area (Å²) in [5.41, 5.74) is -0.0962. The molecule has 0 amide bonds. The standard InChI is InChI=1S/C19H24O7/c1-5-24-17(22)14(11-15(20)26-19(2,3)4)16(21)18(23)25-12-13-9-7-6-8-10-13/h6-10,14H,5,11-12H2,1-4H3. The van der Waals surface area contributed by atoms with Crippen molar-refractivity contribution in [1.82, 2.24) is 0 Å². The van der Waals surface area contributed by atoms with Gasteiger partial charge in [-0.2, -0.15) is 0 Å². The van der Waals surface area contributed by atoms with Gasteiger partial charge in [0.05, 0.1) is 13.0 Å². The Balaban J connectivity index is 2.77. The minimum absolute atomic E-state index is 0.00992. The molecular formula is C19H24O7. The summed E-state index contributed by atoms with van der Waals surface area (Å²) < 4.78 is 14.8. The Morgan fingerprint density at radius 1 is 1.00 bits per heavy atom. The van der Waals surface area contributed by atoms with Gasteiger partial charge in [-0.3, -0.25) is 14.4 Å². The predicted molar refractivity (Wildman–Crippen MR) is 91.8 cm³/mol. The van der Waals surface area contributed by atoms with Crippen molar-refractivity contribution in [2.75, 3.05) is 6.61 Å². The summed E-state index contributed by atoms with van der Waals surface area (Å²) in [4.78, 5) is 48.3. The lowest BCUT2D eigenvalue weighted by Crippen LogP contribution is -2.36. The van der Waals surface area contributed by atoms with E-state index in [0.717, 1.165) is 0 Å². The maximum atomic E-state index is 12.3. The van der Waals surface area contributed by atoms with Crippen LogP contribution in [0.4, 0.5) is 0 Å². The molecule has 0 aliphatic heterocycles. The fourth-order valence-electron chi connectivity index (χ4n) is 2.01. The van der Waals surface area contributed by atoms with Crippen LogP contribution in [0.5, 0.6) is 0 Å². The van der Waals surface area contributed by atoms with Crippen LogP contribution in [-0.2, 0) is 40.0 Å². The van der Waals surface area contributed by atoms with Crippen molar-refractivity contribution in [3.8, 4) is 0 Å². The molecule has 7 heteroatoms. The van der Waals surface area contributed by atoms with Crippen molar-refractivity contribution in [3.05, 3.63) is 35.9 Å². The molecule has 26 heavy (non-hydrogen) atoms. The van der Waals surface area contributed by atoms with E-state index in [1.807, 2.05) is 0 Å². The fraction of sp³-hybridized carbons (Fsp3) is 0.474. The maximum absolute atomic E-state index is 12.3. The molecule has 7 nitrogen and oxygen atoms in total. The zero-order chi connectivity index (χ0) is 19.7. The van der Waals surface area contributed by atoms with Crippen LogP contribution in [0, 0.1) is 5.92 Å². The minimum atomic E-state index is -1.59. The molecule has 0 bridgehead atoms. The molecule has 1 atom stereocenters. The van der Waals surface area contributed by atoms with Crippen molar-refractivity contribution in [2.45, 2.75) is 46.3 Å². The summed E-state index contributed by atoms with van der Waals surface area (Å²) >= 11 is 0. The molecule has 0 saturated heterocycles. The van der Waals surface area contributed by atoms with E-state index < -0.39 is 41.6 Å². The van der Waals surface area contributed by atoms with Crippen molar-refractivity contribution < 1.29 is 33.4 Å². The molecule has 0 fully saturated rings. The Labute approximate surface area is 152 Å². The number of rotatable bonds is 8. The lowest BCUT2D eigenvalue weighted by atomic mass is 10.00. The van der Waals surface area contributed by atoms with Gasteiger partial charge in [-0.25, -0.2) is 4.79 Å². The highest BCUT2D eigenvalue weighted by molar-refractivity contribution is 6.38. The first-order chi connectivity index (χ1) is 12.1. The average molecular weight is 364 g/mol. The Bertz CT molecular complexity index is 644. The minimum Gasteiger partial charge on any atom is -0.465 e. The van der Waals surface area contributed by atoms with Crippen LogP contribution in [-0.4, -0.2) is 35.9 Å². The number of Topliss-reactive ketones (excluding diaryl/α,β-unsaturated/α-hetero) is 1. The number of carbonyl (C=O) groups excluding carboxylic acids is 4. The maximum Gasteiger partial charge on any atom is 0.375 e. The van der Waals surface area contributed by atoms with Crippen molar-refractivity contribution >= 4 is 23.7 Å². The van der Waals surface area contributed by atoms with Gasteiger partial charge in [0.25, 0.3) is 5.78 Å². The van der Waals surface area contributed by atoms with Crippen molar-refractivity contribution in [1.29, 1.82) is 0 Å². The van der Waals surface area contributed by atoms with E-state index >= 15 is 0 Å². The smallest absolute Gasteiger partial charge is 0.375 e. The second-order valence-electron chi connectivity index (χ2n) is 6.52. The second-order valence-corrected chi connectivity index (χ2v) is 6.52. The zero-order valence-corrected chi connectivity index (χ0v) is 15.4. The van der Waals surface area contributed by atoms with Gasteiger partial charge in [0.2, 0.25) is 0 Å². The van der Waals surface area contributed by atoms with E-state index in [2.05, 4.69) is 0 Å². The molecule has 1 rings (SSSR count). The lowest BCUT2D eigenvalue weighted by molar-refractivity contribution is -0.168. The molecule has 1 aromatic carbocycles. The van der Waals surface area contributed by atoms with Gasteiger partial charge in [-0.05, 0) is 33.3 Å². The first kappa shape index (κ1) is 21.3. The predicted octanol–water partition coefficient (Wildman–Crippen LogP) is 2.21. The quantitative estimate of drug-likeness (QED) is 0.302. The number of carbonyl (C=O) groups is 4. The highest BCUT2D eigenvalue weighted by Crippen LogP contribution is 2.15. The summed E-state index contributed by atoms with van der Waals surface area (Å²) in [7, 11) is 0. The van der Waals surface area contributed by atoms with Crippen molar-refractivity contribution in [2.24, 2.45) is 5.92 Å². The van der Waals surface area contributed by atoms with E-state index in [4.69, 9.17) is 14.2 Å². The molecule has 1 aromatic rings. The van der Waals surface area contributed by atoms with Gasteiger partial charge >= 0.3 is 17.9 Å². The Morgan fingerprint density at radius 3 is 2.15 bits per heavy atom. The van der Waals surface area contributed by atoms with E-state index in [-0.39, 0.29) is 13.2 Å². The second kappa shape index (κ2) is 9.70. The molecule has 0 aromatic heterocycles. The summed E-state index contributed by atoms with van der Waals surface area (Å²) in [6, 6.07) is 8.76. The van der Waals surface area contributed by atoms with Crippen molar-refractivity contribution in [3.63, 3.8) is 0 Å². The first-order valence-corrected chi connectivity index (χ1v) is 8.27. The summed E-state index contributed by atoms with van der Waals surface area (Å²) in [5, 5.41) is 0. The molecule has 0 aliphatic rings. The van der Waals surface area contributed by atoms with Gasteiger partial charge in [-0.1, -0.05) is 30.3 Å². The normalized spacial score (nSPS) is 12.0. The van der Waals surface area contributed by atoms with Gasteiger partial charge in [0, 0.05) is 0 Å². The molecule has 142 valence electrons. The third-order valence-corrected chi connectivity index (χ3v) is 3.09. The zero-order valence-electron chi connectivity index (χ0n) is 15.4. The molecule has 0 N–H and O–H groups in total. The Kier molecular flexibility index (Phi) is 7.96. The van der Waals surface area contributed by atoms with E-state index in [9.17, 15) is 19.2 Å².